The summed E-state index contributed by atoms with van der Waals surface area (Å²) in [4.78, 5) is 41.5. The number of primary amides is 1. The van der Waals surface area contributed by atoms with Gasteiger partial charge in [-0.25, -0.2) is 14.4 Å². The number of hydrogen-bond acceptors (Lipinski definition) is 5. The molecule has 0 rings (SSSR count). The molecule has 88 valence electrons. The third-order valence-corrected chi connectivity index (χ3v) is 1.21. The Hall–Kier alpha value is -2.31. The average Bonchev–Trinajstić information content (AvgIpc) is 2.15. The molecule has 0 radical (unpaired) electrons. The largest absolute Gasteiger partial charge is 0.386 e. The Balaban J connectivity index is 4.58. The molecule has 2 amide bonds. The zero-order valence-electron chi connectivity index (χ0n) is 8.98. The standard InChI is InChI=1S/C9H12N2O5/c1-5(2)7(12)15-11(9(10)14)16-8(13)6(3)4/h1,3H2,2,4H3,(H2,10,14). The summed E-state index contributed by atoms with van der Waals surface area (Å²) in [6.07, 6.45) is 0. The predicted octanol–water partition coefficient (Wildman–Crippen LogP) is 0.436. The number of nitrogens with two attached hydrogens (primary N) is 1. The van der Waals surface area contributed by atoms with Gasteiger partial charge < -0.3 is 5.73 Å². The van der Waals surface area contributed by atoms with Crippen LogP contribution in [0.3, 0.4) is 0 Å². The SMILES string of the molecule is C=C(C)C(=O)ON(OC(=O)C(=C)C)C(N)=O. The molecule has 0 heterocycles. The van der Waals surface area contributed by atoms with Crippen LogP contribution in [-0.4, -0.2) is 23.2 Å². The van der Waals surface area contributed by atoms with E-state index in [0.29, 0.717) is 0 Å². The van der Waals surface area contributed by atoms with Crippen LogP contribution in [0, 0.1) is 0 Å². The zero-order chi connectivity index (χ0) is 12.9. The number of rotatable bonds is 2. The van der Waals surface area contributed by atoms with Gasteiger partial charge in [-0.05, 0) is 13.8 Å². The molecule has 0 saturated carbocycles. The van der Waals surface area contributed by atoms with E-state index < -0.39 is 18.0 Å². The van der Waals surface area contributed by atoms with Gasteiger partial charge in [-0.2, -0.15) is 0 Å². The number of hydroxylamine groups is 2. The third-order valence-electron chi connectivity index (χ3n) is 1.21. The Morgan fingerprint density at radius 3 is 1.50 bits per heavy atom. The van der Waals surface area contributed by atoms with Gasteiger partial charge in [0.05, 0.1) is 0 Å². The zero-order valence-corrected chi connectivity index (χ0v) is 8.98. The minimum atomic E-state index is -1.26. The lowest BCUT2D eigenvalue weighted by atomic mass is 10.4. The molecule has 0 fully saturated rings. The topological polar surface area (TPSA) is 98.9 Å². The molecule has 0 saturated heterocycles. The van der Waals surface area contributed by atoms with Gasteiger partial charge in [-0.3, -0.25) is 9.68 Å². The summed E-state index contributed by atoms with van der Waals surface area (Å²) in [7, 11) is 0. The molecule has 0 unspecified atom stereocenters. The Morgan fingerprint density at radius 1 is 1.00 bits per heavy atom. The molecule has 0 atom stereocenters. The lowest BCUT2D eigenvalue weighted by Gasteiger charge is -2.16. The van der Waals surface area contributed by atoms with Gasteiger partial charge in [0.25, 0.3) is 0 Å². The lowest BCUT2D eigenvalue weighted by molar-refractivity contribution is -0.284. The fourth-order valence-corrected chi connectivity index (χ4v) is 0.415. The minimum Gasteiger partial charge on any atom is -0.346 e. The van der Waals surface area contributed by atoms with Crippen LogP contribution in [0.15, 0.2) is 24.3 Å². The number of urea groups is 1. The summed E-state index contributed by atoms with van der Waals surface area (Å²) >= 11 is 0. The van der Waals surface area contributed by atoms with Gasteiger partial charge in [0.1, 0.15) is 0 Å². The second-order valence-corrected chi connectivity index (χ2v) is 2.91. The van der Waals surface area contributed by atoms with Crippen LogP contribution in [0.4, 0.5) is 4.79 Å². The molecule has 0 aliphatic carbocycles. The van der Waals surface area contributed by atoms with E-state index in [1.807, 2.05) is 0 Å². The number of nitrogens with zero attached hydrogens (tertiary/aromatic N) is 1. The van der Waals surface area contributed by atoms with Gasteiger partial charge in [0.15, 0.2) is 0 Å². The molecule has 7 nitrogen and oxygen atoms in total. The molecule has 0 aromatic heterocycles. The highest BCUT2D eigenvalue weighted by atomic mass is 17.0. The fourth-order valence-electron chi connectivity index (χ4n) is 0.415. The lowest BCUT2D eigenvalue weighted by Crippen LogP contribution is -2.39. The van der Waals surface area contributed by atoms with E-state index in [1.165, 1.54) is 13.8 Å². The van der Waals surface area contributed by atoms with Crippen LogP contribution in [0.2, 0.25) is 0 Å². The molecule has 0 spiro atoms. The van der Waals surface area contributed by atoms with Crippen molar-refractivity contribution < 1.29 is 24.1 Å². The Morgan fingerprint density at radius 2 is 1.31 bits per heavy atom. The molecule has 0 bridgehead atoms. The second kappa shape index (κ2) is 5.54. The first kappa shape index (κ1) is 13.7. The van der Waals surface area contributed by atoms with E-state index in [9.17, 15) is 14.4 Å². The summed E-state index contributed by atoms with van der Waals surface area (Å²) in [5.74, 6) is -1.90. The molecule has 16 heavy (non-hydrogen) atoms. The van der Waals surface area contributed by atoms with Crippen LogP contribution in [0.5, 0.6) is 0 Å². The number of carbonyl (C=O) groups is 3. The smallest absolute Gasteiger partial charge is 0.346 e. The molecule has 2 N–H and O–H groups in total. The van der Waals surface area contributed by atoms with Crippen LogP contribution in [0.1, 0.15) is 13.8 Å². The van der Waals surface area contributed by atoms with Crippen molar-refractivity contribution in [3.63, 3.8) is 0 Å². The van der Waals surface area contributed by atoms with Gasteiger partial charge in [0, 0.05) is 16.4 Å². The van der Waals surface area contributed by atoms with Crippen LogP contribution in [-0.2, 0) is 19.3 Å². The summed E-state index contributed by atoms with van der Waals surface area (Å²) in [6, 6.07) is -1.26. The first-order chi connectivity index (χ1) is 7.25. The van der Waals surface area contributed by atoms with Gasteiger partial charge in [-0.15, -0.1) is 0 Å². The molecule has 0 aliphatic heterocycles. The van der Waals surface area contributed by atoms with Crippen molar-refractivity contribution in [3.8, 4) is 0 Å². The summed E-state index contributed by atoms with van der Waals surface area (Å²) in [5, 5.41) is -0.0337. The van der Waals surface area contributed by atoms with Gasteiger partial charge in [-0.1, -0.05) is 13.2 Å². The van der Waals surface area contributed by atoms with E-state index in [1.54, 1.807) is 0 Å². The normalized spacial score (nSPS) is 8.88. The maximum Gasteiger partial charge on any atom is 0.386 e. The van der Waals surface area contributed by atoms with Crippen LogP contribution in [0.25, 0.3) is 0 Å². The molecule has 0 aromatic rings. The average molecular weight is 228 g/mol. The number of hydrogen-bond donors (Lipinski definition) is 1. The van der Waals surface area contributed by atoms with Crippen molar-refractivity contribution in [2.45, 2.75) is 13.8 Å². The Bertz CT molecular complexity index is 333. The molecule has 0 aliphatic rings. The van der Waals surface area contributed by atoms with Crippen LogP contribution >= 0.6 is 0 Å². The highest BCUT2D eigenvalue weighted by Crippen LogP contribution is 2.02. The molecule has 7 heteroatoms. The van der Waals surface area contributed by atoms with Gasteiger partial charge >= 0.3 is 18.0 Å². The van der Waals surface area contributed by atoms with E-state index in [2.05, 4.69) is 22.8 Å². The maximum atomic E-state index is 11.0. The van der Waals surface area contributed by atoms with Crippen molar-refractivity contribution in [3.05, 3.63) is 24.3 Å². The maximum absolute atomic E-state index is 11.0. The van der Waals surface area contributed by atoms with E-state index in [-0.39, 0.29) is 16.4 Å². The van der Waals surface area contributed by atoms with E-state index in [0.717, 1.165) is 0 Å². The molecule has 0 aromatic carbocycles. The van der Waals surface area contributed by atoms with Crippen molar-refractivity contribution in [1.82, 2.24) is 5.23 Å². The molecular formula is C9H12N2O5. The Kier molecular flexibility index (Phi) is 4.74. The summed E-state index contributed by atoms with van der Waals surface area (Å²) < 4.78 is 0. The first-order valence-corrected chi connectivity index (χ1v) is 4.11. The van der Waals surface area contributed by atoms with Crippen molar-refractivity contribution >= 4 is 18.0 Å². The van der Waals surface area contributed by atoms with Gasteiger partial charge in [0.2, 0.25) is 0 Å². The highest BCUT2D eigenvalue weighted by molar-refractivity contribution is 5.89. The predicted molar refractivity (Wildman–Crippen MR) is 53.2 cm³/mol. The molecular weight excluding hydrogens is 216 g/mol. The summed E-state index contributed by atoms with van der Waals surface area (Å²) in [6.45, 7) is 9.24. The fraction of sp³-hybridized carbons (Fsp3) is 0.222. The second-order valence-electron chi connectivity index (χ2n) is 2.91. The van der Waals surface area contributed by atoms with Crippen LogP contribution < -0.4 is 5.73 Å². The monoisotopic (exact) mass is 228 g/mol. The Labute approximate surface area is 92.0 Å². The number of amides is 2. The van der Waals surface area contributed by atoms with E-state index >= 15 is 0 Å². The highest BCUT2D eigenvalue weighted by Gasteiger charge is 2.21. The van der Waals surface area contributed by atoms with Crippen molar-refractivity contribution in [2.24, 2.45) is 5.73 Å². The third kappa shape index (κ3) is 4.27. The first-order valence-electron chi connectivity index (χ1n) is 4.11. The van der Waals surface area contributed by atoms with E-state index in [4.69, 9.17) is 5.73 Å². The van der Waals surface area contributed by atoms with Crippen molar-refractivity contribution in [1.29, 1.82) is 0 Å². The quantitative estimate of drug-likeness (QED) is 0.546. The van der Waals surface area contributed by atoms with Crippen molar-refractivity contribution in [2.75, 3.05) is 0 Å². The minimum absolute atomic E-state index is 0.0117. The number of carbonyl (C=O) groups excluding carboxylic acids is 3. The summed E-state index contributed by atoms with van der Waals surface area (Å²) in [5.41, 5.74) is 4.83.